The van der Waals surface area contributed by atoms with Crippen LogP contribution in [0, 0.1) is 0 Å². The summed E-state index contributed by atoms with van der Waals surface area (Å²) in [5, 5.41) is 8.41. The number of carboxylic acids is 1. The van der Waals surface area contributed by atoms with Gasteiger partial charge in [-0.2, -0.15) is 0 Å². The molecule has 3 heteroatoms. The Morgan fingerprint density at radius 3 is 2.92 bits per heavy atom. The SMILES string of the molecule is CC(/C=C/c1ccoc1)=C\C(=O)O. The van der Waals surface area contributed by atoms with Gasteiger partial charge in [-0.05, 0) is 18.6 Å². The maximum atomic E-state index is 10.2. The van der Waals surface area contributed by atoms with Crippen molar-refractivity contribution in [3.05, 3.63) is 41.9 Å². The number of carbonyl (C=O) groups is 1. The quantitative estimate of drug-likeness (QED) is 0.570. The van der Waals surface area contributed by atoms with Crippen molar-refractivity contribution < 1.29 is 14.3 Å². The highest BCUT2D eigenvalue weighted by Crippen LogP contribution is 2.05. The summed E-state index contributed by atoms with van der Waals surface area (Å²) in [5.41, 5.74) is 1.60. The van der Waals surface area contributed by atoms with Crippen molar-refractivity contribution in [1.29, 1.82) is 0 Å². The van der Waals surface area contributed by atoms with Gasteiger partial charge in [-0.3, -0.25) is 0 Å². The number of allylic oxidation sites excluding steroid dienone is 2. The number of hydrogen-bond acceptors (Lipinski definition) is 2. The molecule has 13 heavy (non-hydrogen) atoms. The Balaban J connectivity index is 2.64. The molecular formula is C10H10O3. The molecule has 0 atom stereocenters. The number of hydrogen-bond donors (Lipinski definition) is 1. The lowest BCUT2D eigenvalue weighted by Gasteiger charge is -1.87. The number of rotatable bonds is 3. The first-order chi connectivity index (χ1) is 6.18. The molecule has 1 aromatic heterocycles. The van der Waals surface area contributed by atoms with E-state index in [4.69, 9.17) is 9.52 Å². The monoisotopic (exact) mass is 178 g/mol. The van der Waals surface area contributed by atoms with Crippen LogP contribution >= 0.6 is 0 Å². The second kappa shape index (κ2) is 4.30. The zero-order chi connectivity index (χ0) is 9.68. The summed E-state index contributed by atoms with van der Waals surface area (Å²) in [6.07, 6.45) is 7.81. The van der Waals surface area contributed by atoms with E-state index in [1.165, 1.54) is 0 Å². The summed E-state index contributed by atoms with van der Waals surface area (Å²) in [7, 11) is 0. The van der Waals surface area contributed by atoms with E-state index in [1.807, 2.05) is 0 Å². The second-order valence-corrected chi connectivity index (χ2v) is 2.62. The molecule has 0 bridgehead atoms. The molecule has 0 aliphatic rings. The van der Waals surface area contributed by atoms with Gasteiger partial charge in [-0.15, -0.1) is 0 Å². The Morgan fingerprint density at radius 2 is 2.38 bits per heavy atom. The van der Waals surface area contributed by atoms with Gasteiger partial charge in [0.2, 0.25) is 0 Å². The predicted molar refractivity (Wildman–Crippen MR) is 49.1 cm³/mol. The van der Waals surface area contributed by atoms with Gasteiger partial charge in [-0.1, -0.05) is 12.2 Å². The standard InChI is InChI=1S/C10H10O3/c1-8(6-10(11)12)2-3-9-4-5-13-7-9/h2-7H,1H3,(H,11,12)/b3-2+,8-6+. The van der Waals surface area contributed by atoms with Crippen molar-refractivity contribution in [1.82, 2.24) is 0 Å². The van der Waals surface area contributed by atoms with E-state index in [9.17, 15) is 4.79 Å². The second-order valence-electron chi connectivity index (χ2n) is 2.62. The van der Waals surface area contributed by atoms with Crippen LogP contribution in [-0.2, 0) is 4.79 Å². The lowest BCUT2D eigenvalue weighted by molar-refractivity contribution is -0.131. The molecule has 68 valence electrons. The molecular weight excluding hydrogens is 168 g/mol. The number of carboxylic acid groups (broad SMARTS) is 1. The van der Waals surface area contributed by atoms with E-state index >= 15 is 0 Å². The molecule has 0 unspecified atom stereocenters. The van der Waals surface area contributed by atoms with Gasteiger partial charge in [0.25, 0.3) is 0 Å². The molecule has 1 N–H and O–H groups in total. The zero-order valence-electron chi connectivity index (χ0n) is 7.23. The molecule has 0 radical (unpaired) electrons. The largest absolute Gasteiger partial charge is 0.478 e. The van der Waals surface area contributed by atoms with Crippen molar-refractivity contribution in [2.75, 3.05) is 0 Å². The molecule has 0 aliphatic heterocycles. The van der Waals surface area contributed by atoms with E-state index in [0.717, 1.165) is 11.6 Å². The molecule has 1 heterocycles. The average Bonchev–Trinajstić information content (AvgIpc) is 2.51. The Morgan fingerprint density at radius 1 is 1.62 bits per heavy atom. The normalized spacial score (nSPS) is 12.2. The van der Waals surface area contributed by atoms with Gasteiger partial charge in [0.15, 0.2) is 0 Å². The minimum Gasteiger partial charge on any atom is -0.478 e. The number of furan rings is 1. The van der Waals surface area contributed by atoms with E-state index in [-0.39, 0.29) is 0 Å². The Labute approximate surface area is 76.0 Å². The van der Waals surface area contributed by atoms with Crippen LogP contribution in [0.25, 0.3) is 6.08 Å². The van der Waals surface area contributed by atoms with Gasteiger partial charge in [0.05, 0.1) is 12.5 Å². The lowest BCUT2D eigenvalue weighted by Crippen LogP contribution is -1.87. The van der Waals surface area contributed by atoms with Crippen LogP contribution in [0.1, 0.15) is 12.5 Å². The molecule has 0 saturated carbocycles. The van der Waals surface area contributed by atoms with Crippen molar-refractivity contribution in [3.8, 4) is 0 Å². The minimum atomic E-state index is -0.936. The minimum absolute atomic E-state index is 0.689. The third-order valence-electron chi connectivity index (χ3n) is 1.43. The highest BCUT2D eigenvalue weighted by molar-refractivity contribution is 5.81. The predicted octanol–water partition coefficient (Wildman–Crippen LogP) is 2.32. The first-order valence-corrected chi connectivity index (χ1v) is 3.80. The van der Waals surface area contributed by atoms with Crippen LogP contribution in [0.3, 0.4) is 0 Å². The van der Waals surface area contributed by atoms with Crippen LogP contribution in [-0.4, -0.2) is 11.1 Å². The molecule has 1 rings (SSSR count). The fourth-order valence-electron chi connectivity index (χ4n) is 0.840. The molecule has 3 nitrogen and oxygen atoms in total. The van der Waals surface area contributed by atoms with Gasteiger partial charge in [0.1, 0.15) is 0 Å². The van der Waals surface area contributed by atoms with Crippen LogP contribution < -0.4 is 0 Å². The molecule has 0 amide bonds. The first kappa shape index (κ1) is 9.32. The fourth-order valence-corrected chi connectivity index (χ4v) is 0.840. The number of aliphatic carboxylic acids is 1. The van der Waals surface area contributed by atoms with Crippen LogP contribution in [0.15, 0.2) is 40.7 Å². The van der Waals surface area contributed by atoms with Crippen molar-refractivity contribution in [2.24, 2.45) is 0 Å². The summed E-state index contributed by atoms with van der Waals surface area (Å²) >= 11 is 0. The molecule has 0 fully saturated rings. The van der Waals surface area contributed by atoms with E-state index < -0.39 is 5.97 Å². The lowest BCUT2D eigenvalue weighted by atomic mass is 10.2. The van der Waals surface area contributed by atoms with Gasteiger partial charge >= 0.3 is 5.97 Å². The Hall–Kier alpha value is -1.77. The van der Waals surface area contributed by atoms with E-state index in [2.05, 4.69) is 0 Å². The summed E-state index contributed by atoms with van der Waals surface area (Å²) in [4.78, 5) is 10.2. The van der Waals surface area contributed by atoms with E-state index in [1.54, 1.807) is 37.7 Å². The van der Waals surface area contributed by atoms with Crippen LogP contribution in [0.4, 0.5) is 0 Å². The summed E-state index contributed by atoms with van der Waals surface area (Å²) in [5.74, 6) is -0.936. The Kier molecular flexibility index (Phi) is 3.09. The van der Waals surface area contributed by atoms with E-state index in [0.29, 0.717) is 5.57 Å². The molecule has 1 aromatic rings. The van der Waals surface area contributed by atoms with Crippen LogP contribution in [0.5, 0.6) is 0 Å². The summed E-state index contributed by atoms with van der Waals surface area (Å²) in [6.45, 7) is 1.73. The molecule has 0 spiro atoms. The third kappa shape index (κ3) is 3.42. The van der Waals surface area contributed by atoms with Gasteiger partial charge in [0, 0.05) is 11.6 Å². The molecule has 0 aromatic carbocycles. The van der Waals surface area contributed by atoms with Crippen molar-refractivity contribution in [2.45, 2.75) is 6.92 Å². The summed E-state index contributed by atoms with van der Waals surface area (Å²) in [6, 6.07) is 1.80. The molecule has 0 aliphatic carbocycles. The summed E-state index contributed by atoms with van der Waals surface area (Å²) < 4.78 is 4.84. The maximum Gasteiger partial charge on any atom is 0.328 e. The topological polar surface area (TPSA) is 50.4 Å². The average molecular weight is 178 g/mol. The fraction of sp³-hybridized carbons (Fsp3) is 0.100. The van der Waals surface area contributed by atoms with Crippen LogP contribution in [0.2, 0.25) is 0 Å². The first-order valence-electron chi connectivity index (χ1n) is 3.80. The zero-order valence-corrected chi connectivity index (χ0v) is 7.23. The smallest absolute Gasteiger partial charge is 0.328 e. The highest BCUT2D eigenvalue weighted by atomic mass is 16.4. The third-order valence-corrected chi connectivity index (χ3v) is 1.43. The Bertz CT molecular complexity index is 331. The molecule has 0 saturated heterocycles. The van der Waals surface area contributed by atoms with Crippen molar-refractivity contribution >= 4 is 12.0 Å². The maximum absolute atomic E-state index is 10.2. The van der Waals surface area contributed by atoms with Crippen molar-refractivity contribution in [3.63, 3.8) is 0 Å². The highest BCUT2D eigenvalue weighted by Gasteiger charge is 1.90. The van der Waals surface area contributed by atoms with Gasteiger partial charge in [-0.25, -0.2) is 4.79 Å². The van der Waals surface area contributed by atoms with Gasteiger partial charge < -0.3 is 9.52 Å².